The number of anilines is 2. The average Bonchev–Trinajstić information content (AvgIpc) is 3.15. The van der Waals surface area contributed by atoms with Gasteiger partial charge < -0.3 is 15.9 Å². The second-order valence-electron chi connectivity index (χ2n) is 5.97. The van der Waals surface area contributed by atoms with Gasteiger partial charge in [0.2, 0.25) is 0 Å². The summed E-state index contributed by atoms with van der Waals surface area (Å²) in [5, 5.41) is 4.45. The standard InChI is InChI=1S/C19H18N4O2/c20-19-16(6-14-11-24-25-12-14)7-15-8-17(3-4-18(15)23-19)22-10-13-2-1-5-21-9-13/h1-5,7-9,11,22H,6,10,12H2,(H2,20,23). The van der Waals surface area contributed by atoms with Gasteiger partial charge in [-0.2, -0.15) is 4.89 Å². The number of pyridine rings is 2. The summed E-state index contributed by atoms with van der Waals surface area (Å²) >= 11 is 0. The van der Waals surface area contributed by atoms with Crippen molar-refractivity contribution in [3.63, 3.8) is 0 Å². The van der Waals surface area contributed by atoms with Crippen LogP contribution in [-0.2, 0) is 22.7 Å². The van der Waals surface area contributed by atoms with E-state index in [-0.39, 0.29) is 0 Å². The molecule has 0 atom stereocenters. The zero-order valence-electron chi connectivity index (χ0n) is 13.6. The van der Waals surface area contributed by atoms with Crippen LogP contribution in [0.4, 0.5) is 11.5 Å². The van der Waals surface area contributed by atoms with Crippen molar-refractivity contribution in [2.24, 2.45) is 0 Å². The van der Waals surface area contributed by atoms with E-state index >= 15 is 0 Å². The molecule has 6 nitrogen and oxygen atoms in total. The fraction of sp³-hybridized carbons (Fsp3) is 0.158. The number of benzene rings is 1. The minimum atomic E-state index is 0.462. The lowest BCUT2D eigenvalue weighted by Crippen LogP contribution is -2.02. The van der Waals surface area contributed by atoms with Crippen molar-refractivity contribution < 1.29 is 9.78 Å². The molecule has 0 bridgehead atoms. The van der Waals surface area contributed by atoms with Crippen LogP contribution >= 0.6 is 0 Å². The quantitative estimate of drug-likeness (QED) is 0.697. The van der Waals surface area contributed by atoms with E-state index in [4.69, 9.17) is 15.5 Å². The van der Waals surface area contributed by atoms with Gasteiger partial charge in [0.25, 0.3) is 0 Å². The molecule has 25 heavy (non-hydrogen) atoms. The van der Waals surface area contributed by atoms with Gasteiger partial charge in [0.15, 0.2) is 0 Å². The van der Waals surface area contributed by atoms with Gasteiger partial charge in [-0.15, -0.1) is 0 Å². The van der Waals surface area contributed by atoms with Crippen molar-refractivity contribution in [2.45, 2.75) is 13.0 Å². The largest absolute Gasteiger partial charge is 0.383 e. The molecule has 0 aliphatic carbocycles. The summed E-state index contributed by atoms with van der Waals surface area (Å²) < 4.78 is 0. The molecule has 126 valence electrons. The van der Waals surface area contributed by atoms with Crippen LogP contribution in [0.15, 0.2) is 60.6 Å². The molecular formula is C19H18N4O2. The van der Waals surface area contributed by atoms with Crippen molar-refractivity contribution in [2.75, 3.05) is 17.7 Å². The second kappa shape index (κ2) is 6.78. The number of nitrogens with zero attached hydrogens (tertiary/aromatic N) is 2. The van der Waals surface area contributed by atoms with E-state index in [1.807, 2.05) is 30.5 Å². The summed E-state index contributed by atoms with van der Waals surface area (Å²) in [4.78, 5) is 18.3. The summed E-state index contributed by atoms with van der Waals surface area (Å²) in [6.45, 7) is 1.18. The average molecular weight is 334 g/mol. The van der Waals surface area contributed by atoms with Gasteiger partial charge in [-0.3, -0.25) is 4.98 Å². The first-order chi connectivity index (χ1) is 12.3. The number of rotatable bonds is 5. The van der Waals surface area contributed by atoms with Gasteiger partial charge in [0.1, 0.15) is 18.7 Å². The number of hydrogen-bond acceptors (Lipinski definition) is 6. The Kier molecular flexibility index (Phi) is 4.18. The molecule has 0 saturated carbocycles. The molecule has 0 radical (unpaired) electrons. The number of fused-ring (bicyclic) bond motifs is 1. The molecule has 1 aliphatic heterocycles. The highest BCUT2D eigenvalue weighted by molar-refractivity contribution is 5.84. The first-order valence-corrected chi connectivity index (χ1v) is 8.06. The van der Waals surface area contributed by atoms with Gasteiger partial charge in [-0.05, 0) is 41.5 Å². The Labute approximate surface area is 145 Å². The number of nitrogens with one attached hydrogen (secondary N) is 1. The van der Waals surface area contributed by atoms with Gasteiger partial charge in [0.05, 0.1) is 5.52 Å². The van der Waals surface area contributed by atoms with Crippen molar-refractivity contribution in [1.29, 1.82) is 0 Å². The van der Waals surface area contributed by atoms with Crippen LogP contribution in [0.2, 0.25) is 0 Å². The highest BCUT2D eigenvalue weighted by atomic mass is 17.2. The van der Waals surface area contributed by atoms with Crippen molar-refractivity contribution in [1.82, 2.24) is 9.97 Å². The SMILES string of the molecule is Nc1nc2ccc(NCc3cccnc3)cc2cc1CC1=COOC1. The third-order valence-corrected chi connectivity index (χ3v) is 4.09. The molecule has 0 unspecified atom stereocenters. The molecule has 2 aromatic heterocycles. The third-order valence-electron chi connectivity index (χ3n) is 4.09. The van der Waals surface area contributed by atoms with E-state index in [0.717, 1.165) is 39.8 Å². The highest BCUT2D eigenvalue weighted by Crippen LogP contribution is 2.25. The Hall–Kier alpha value is -3.12. The Balaban J connectivity index is 1.57. The summed E-state index contributed by atoms with van der Waals surface area (Å²) in [6, 6.07) is 12.1. The maximum absolute atomic E-state index is 6.09. The number of nitrogen functional groups attached to an aromatic ring is 1. The number of aromatic nitrogens is 2. The molecule has 3 N–H and O–H groups in total. The van der Waals surface area contributed by atoms with Gasteiger partial charge >= 0.3 is 0 Å². The van der Waals surface area contributed by atoms with Crippen LogP contribution in [0.25, 0.3) is 10.9 Å². The molecule has 3 heterocycles. The molecule has 1 aromatic carbocycles. The maximum atomic E-state index is 6.09. The summed E-state index contributed by atoms with van der Waals surface area (Å²) in [7, 11) is 0. The maximum Gasteiger partial charge on any atom is 0.131 e. The third kappa shape index (κ3) is 3.54. The van der Waals surface area contributed by atoms with E-state index in [0.29, 0.717) is 18.8 Å². The molecule has 0 amide bonds. The van der Waals surface area contributed by atoms with Crippen LogP contribution in [-0.4, -0.2) is 16.6 Å². The summed E-state index contributed by atoms with van der Waals surface area (Å²) in [6.07, 6.45) is 5.92. The second-order valence-corrected chi connectivity index (χ2v) is 5.97. The minimum Gasteiger partial charge on any atom is -0.383 e. The fourth-order valence-corrected chi connectivity index (χ4v) is 2.78. The van der Waals surface area contributed by atoms with Crippen LogP contribution in [0.3, 0.4) is 0 Å². The molecule has 3 aromatic rings. The lowest BCUT2D eigenvalue weighted by Gasteiger charge is -2.10. The molecular weight excluding hydrogens is 316 g/mol. The van der Waals surface area contributed by atoms with Gasteiger partial charge in [-0.25, -0.2) is 4.98 Å². The zero-order valence-corrected chi connectivity index (χ0v) is 13.6. The summed E-state index contributed by atoms with van der Waals surface area (Å²) in [5.41, 5.74) is 11.1. The molecule has 1 aliphatic rings. The van der Waals surface area contributed by atoms with E-state index in [1.165, 1.54) is 0 Å². The molecule has 6 heteroatoms. The lowest BCUT2D eigenvalue weighted by molar-refractivity contribution is -0.221. The monoisotopic (exact) mass is 334 g/mol. The highest BCUT2D eigenvalue weighted by Gasteiger charge is 2.12. The molecule has 0 spiro atoms. The van der Waals surface area contributed by atoms with Gasteiger partial charge in [-0.1, -0.05) is 6.07 Å². The Bertz CT molecular complexity index is 925. The Morgan fingerprint density at radius 3 is 2.96 bits per heavy atom. The first kappa shape index (κ1) is 15.4. The fourth-order valence-electron chi connectivity index (χ4n) is 2.78. The topological polar surface area (TPSA) is 82.3 Å². The van der Waals surface area contributed by atoms with E-state index in [2.05, 4.69) is 27.4 Å². The van der Waals surface area contributed by atoms with E-state index in [1.54, 1.807) is 12.5 Å². The first-order valence-electron chi connectivity index (χ1n) is 8.06. The van der Waals surface area contributed by atoms with Crippen molar-refractivity contribution in [3.05, 3.63) is 71.8 Å². The number of nitrogens with two attached hydrogens (primary N) is 1. The normalized spacial score (nSPS) is 13.5. The van der Waals surface area contributed by atoms with Crippen LogP contribution in [0.5, 0.6) is 0 Å². The molecule has 0 fully saturated rings. The number of hydrogen-bond donors (Lipinski definition) is 2. The minimum absolute atomic E-state index is 0.462. The lowest BCUT2D eigenvalue weighted by atomic mass is 10.0. The van der Waals surface area contributed by atoms with E-state index < -0.39 is 0 Å². The molecule has 4 rings (SSSR count). The van der Waals surface area contributed by atoms with Gasteiger partial charge in [0, 0.05) is 42.0 Å². The molecule has 0 saturated heterocycles. The van der Waals surface area contributed by atoms with Crippen molar-refractivity contribution >= 4 is 22.4 Å². The predicted molar refractivity (Wildman–Crippen MR) is 96.5 cm³/mol. The smallest absolute Gasteiger partial charge is 0.131 e. The van der Waals surface area contributed by atoms with Crippen LogP contribution < -0.4 is 11.1 Å². The van der Waals surface area contributed by atoms with Crippen LogP contribution in [0, 0.1) is 0 Å². The summed E-state index contributed by atoms with van der Waals surface area (Å²) in [5.74, 6) is 0.538. The Morgan fingerprint density at radius 2 is 2.16 bits per heavy atom. The van der Waals surface area contributed by atoms with E-state index in [9.17, 15) is 0 Å². The Morgan fingerprint density at radius 1 is 1.20 bits per heavy atom. The predicted octanol–water partition coefficient (Wildman–Crippen LogP) is 3.21. The van der Waals surface area contributed by atoms with Crippen molar-refractivity contribution in [3.8, 4) is 0 Å². The zero-order chi connectivity index (χ0) is 17.1. The van der Waals surface area contributed by atoms with Crippen LogP contribution in [0.1, 0.15) is 11.1 Å².